The molecule has 0 unspecified atom stereocenters. The van der Waals surface area contributed by atoms with Crippen LogP contribution < -0.4 is 19.3 Å². The summed E-state index contributed by atoms with van der Waals surface area (Å²) in [6.07, 6.45) is 0. The number of amides is 2. The van der Waals surface area contributed by atoms with E-state index in [9.17, 15) is 4.79 Å². The quantitative estimate of drug-likeness (QED) is 0.721. The van der Waals surface area contributed by atoms with E-state index in [0.29, 0.717) is 0 Å². The predicted molar refractivity (Wildman–Crippen MR) is 126 cm³/mol. The molecule has 2 aliphatic heterocycles. The average Bonchev–Trinajstić information content (AvgIpc) is 2.84. The Balaban J connectivity index is 0.00000272. The van der Waals surface area contributed by atoms with E-state index in [1.165, 1.54) is 0 Å². The summed E-state index contributed by atoms with van der Waals surface area (Å²) < 4.78 is 10.7. The van der Waals surface area contributed by atoms with Crippen molar-refractivity contribution in [1.29, 1.82) is 0 Å². The minimum Gasteiger partial charge on any atom is -0.497 e. The van der Waals surface area contributed by atoms with E-state index in [4.69, 9.17) is 9.47 Å². The highest BCUT2D eigenvalue weighted by molar-refractivity contribution is 5.85. The Morgan fingerprint density at radius 1 is 0.677 bits per heavy atom. The first-order valence-electron chi connectivity index (χ1n) is 10.5. The van der Waals surface area contributed by atoms with Crippen LogP contribution in [-0.2, 0) is 0 Å². The second-order valence-electron chi connectivity index (χ2n) is 7.63. The minimum absolute atomic E-state index is 0. The normalized spacial score (nSPS) is 16.6. The SMILES string of the molecule is COc1cccc(N2CCN(C(=O)N3CCN(c4cccc(OC)c4)CC3)CC2)c1.Cl. The third kappa shape index (κ3) is 5.28. The Labute approximate surface area is 190 Å². The van der Waals surface area contributed by atoms with Crippen molar-refractivity contribution >= 4 is 29.8 Å². The van der Waals surface area contributed by atoms with Gasteiger partial charge in [-0.2, -0.15) is 0 Å². The molecular weight excluding hydrogens is 416 g/mol. The number of anilines is 2. The lowest BCUT2D eigenvalue weighted by atomic mass is 10.2. The number of methoxy groups -OCH3 is 2. The van der Waals surface area contributed by atoms with Crippen molar-refractivity contribution in [2.24, 2.45) is 0 Å². The van der Waals surface area contributed by atoms with Crippen LogP contribution in [0, 0.1) is 0 Å². The number of carbonyl (C=O) groups excluding carboxylic acids is 1. The molecule has 8 heteroatoms. The van der Waals surface area contributed by atoms with E-state index in [1.54, 1.807) is 14.2 Å². The topological polar surface area (TPSA) is 48.5 Å². The number of halogens is 1. The van der Waals surface area contributed by atoms with Crippen molar-refractivity contribution in [3.8, 4) is 11.5 Å². The summed E-state index contributed by atoms with van der Waals surface area (Å²) in [5, 5.41) is 0. The molecule has 168 valence electrons. The fourth-order valence-electron chi connectivity index (χ4n) is 4.13. The molecule has 0 N–H and O–H groups in total. The van der Waals surface area contributed by atoms with Crippen LogP contribution in [-0.4, -0.2) is 82.4 Å². The molecule has 31 heavy (non-hydrogen) atoms. The molecule has 0 aliphatic carbocycles. The van der Waals surface area contributed by atoms with Crippen molar-refractivity contribution in [2.45, 2.75) is 0 Å². The van der Waals surface area contributed by atoms with Gasteiger partial charge in [0.1, 0.15) is 11.5 Å². The highest BCUT2D eigenvalue weighted by Gasteiger charge is 2.28. The lowest BCUT2D eigenvalue weighted by Gasteiger charge is -2.41. The maximum absolute atomic E-state index is 13.0. The van der Waals surface area contributed by atoms with Crippen molar-refractivity contribution < 1.29 is 14.3 Å². The molecule has 0 bridgehead atoms. The molecule has 2 saturated heterocycles. The molecule has 2 aliphatic rings. The Hall–Kier alpha value is -2.80. The van der Waals surface area contributed by atoms with Gasteiger partial charge in [-0.25, -0.2) is 4.79 Å². The zero-order valence-electron chi connectivity index (χ0n) is 18.2. The van der Waals surface area contributed by atoms with Gasteiger partial charge in [0.05, 0.1) is 14.2 Å². The minimum atomic E-state index is 0. The van der Waals surface area contributed by atoms with E-state index < -0.39 is 0 Å². The molecule has 2 heterocycles. The van der Waals surface area contributed by atoms with E-state index in [1.807, 2.05) is 34.1 Å². The van der Waals surface area contributed by atoms with Crippen LogP contribution in [0.5, 0.6) is 11.5 Å². The zero-order valence-corrected chi connectivity index (χ0v) is 19.0. The summed E-state index contributed by atoms with van der Waals surface area (Å²) >= 11 is 0. The monoisotopic (exact) mass is 446 g/mol. The van der Waals surface area contributed by atoms with E-state index in [2.05, 4.69) is 34.1 Å². The number of carbonyl (C=O) groups is 1. The highest BCUT2D eigenvalue weighted by Crippen LogP contribution is 2.24. The molecule has 2 fully saturated rings. The first-order valence-corrected chi connectivity index (χ1v) is 10.5. The fourth-order valence-corrected chi connectivity index (χ4v) is 4.13. The summed E-state index contributed by atoms with van der Waals surface area (Å²) in [7, 11) is 3.37. The summed E-state index contributed by atoms with van der Waals surface area (Å²) in [5.74, 6) is 1.72. The molecule has 0 saturated carbocycles. The maximum Gasteiger partial charge on any atom is 0.320 e. The molecule has 2 aromatic rings. The van der Waals surface area contributed by atoms with E-state index >= 15 is 0 Å². The van der Waals surface area contributed by atoms with Crippen LogP contribution in [0.25, 0.3) is 0 Å². The zero-order chi connectivity index (χ0) is 20.9. The molecule has 0 aromatic heterocycles. The van der Waals surface area contributed by atoms with Crippen molar-refractivity contribution in [2.75, 3.05) is 76.4 Å². The third-order valence-corrected chi connectivity index (χ3v) is 5.94. The molecule has 2 aromatic carbocycles. The van der Waals surface area contributed by atoms with Crippen LogP contribution in [0.1, 0.15) is 0 Å². The Bertz CT molecular complexity index is 796. The van der Waals surface area contributed by atoms with Gasteiger partial charge in [-0.05, 0) is 24.3 Å². The van der Waals surface area contributed by atoms with Gasteiger partial charge in [0.25, 0.3) is 0 Å². The standard InChI is InChI=1S/C23H30N4O3.ClH/c1-29-21-7-3-5-19(17-21)24-9-13-26(14-10-24)23(28)27-15-11-25(12-16-27)20-6-4-8-22(18-20)30-2;/h3-8,17-18H,9-16H2,1-2H3;1H. The summed E-state index contributed by atoms with van der Waals surface area (Å²) in [4.78, 5) is 21.6. The van der Waals surface area contributed by atoms with Crippen molar-refractivity contribution in [3.63, 3.8) is 0 Å². The molecule has 0 spiro atoms. The second kappa shape index (κ2) is 10.5. The number of hydrogen-bond donors (Lipinski definition) is 0. The van der Waals surface area contributed by atoms with Gasteiger partial charge in [0.15, 0.2) is 0 Å². The van der Waals surface area contributed by atoms with Crippen molar-refractivity contribution in [1.82, 2.24) is 9.80 Å². The van der Waals surface area contributed by atoms with Gasteiger partial charge in [0, 0.05) is 75.9 Å². The van der Waals surface area contributed by atoms with Gasteiger partial charge < -0.3 is 29.1 Å². The number of ether oxygens (including phenoxy) is 2. The van der Waals surface area contributed by atoms with Gasteiger partial charge in [0.2, 0.25) is 0 Å². The molecule has 0 atom stereocenters. The van der Waals surface area contributed by atoms with Crippen LogP contribution in [0.3, 0.4) is 0 Å². The molecule has 7 nitrogen and oxygen atoms in total. The third-order valence-electron chi connectivity index (χ3n) is 5.94. The number of benzene rings is 2. The summed E-state index contributed by atoms with van der Waals surface area (Å²) in [5.41, 5.74) is 2.29. The maximum atomic E-state index is 13.0. The summed E-state index contributed by atoms with van der Waals surface area (Å²) in [6, 6.07) is 16.4. The van der Waals surface area contributed by atoms with Gasteiger partial charge >= 0.3 is 6.03 Å². The first kappa shape index (κ1) is 22.9. The number of urea groups is 1. The van der Waals surface area contributed by atoms with Gasteiger partial charge in [-0.1, -0.05) is 12.1 Å². The lowest BCUT2D eigenvalue weighted by molar-refractivity contribution is 0.147. The van der Waals surface area contributed by atoms with Gasteiger partial charge in [-0.15, -0.1) is 12.4 Å². The van der Waals surface area contributed by atoms with Crippen LogP contribution >= 0.6 is 12.4 Å². The number of piperazine rings is 2. The predicted octanol–water partition coefficient (Wildman–Crippen LogP) is 3.19. The fraction of sp³-hybridized carbons (Fsp3) is 0.435. The Kier molecular flexibility index (Phi) is 7.74. The highest BCUT2D eigenvalue weighted by atomic mass is 35.5. The smallest absolute Gasteiger partial charge is 0.320 e. The molecule has 0 radical (unpaired) electrons. The first-order chi connectivity index (χ1) is 14.7. The average molecular weight is 447 g/mol. The van der Waals surface area contributed by atoms with Crippen LogP contribution in [0.2, 0.25) is 0 Å². The molecule has 2 amide bonds. The lowest BCUT2D eigenvalue weighted by Crippen LogP contribution is -2.57. The largest absolute Gasteiger partial charge is 0.497 e. The molecule has 4 rings (SSSR count). The number of nitrogens with zero attached hydrogens (tertiary/aromatic N) is 4. The van der Waals surface area contributed by atoms with E-state index in [-0.39, 0.29) is 18.4 Å². The van der Waals surface area contributed by atoms with Crippen molar-refractivity contribution in [3.05, 3.63) is 48.5 Å². The second-order valence-corrected chi connectivity index (χ2v) is 7.63. The Morgan fingerprint density at radius 2 is 1.06 bits per heavy atom. The van der Waals surface area contributed by atoms with E-state index in [0.717, 1.165) is 75.2 Å². The van der Waals surface area contributed by atoms with Crippen LogP contribution in [0.15, 0.2) is 48.5 Å². The molecular formula is C23H31ClN4O3. The summed E-state index contributed by atoms with van der Waals surface area (Å²) in [6.45, 7) is 6.31. The van der Waals surface area contributed by atoms with Gasteiger partial charge in [-0.3, -0.25) is 0 Å². The Morgan fingerprint density at radius 3 is 1.42 bits per heavy atom. The number of hydrogen-bond acceptors (Lipinski definition) is 5. The number of rotatable bonds is 4. The van der Waals surface area contributed by atoms with Crippen LogP contribution in [0.4, 0.5) is 16.2 Å².